The van der Waals surface area contributed by atoms with Crippen LogP contribution in [0.4, 0.5) is 0 Å². The molecule has 12 heteroatoms. The van der Waals surface area contributed by atoms with Gasteiger partial charge in [0.1, 0.15) is 39.9 Å². The van der Waals surface area contributed by atoms with Gasteiger partial charge in [-0.15, -0.1) is 0 Å². The van der Waals surface area contributed by atoms with Gasteiger partial charge in [-0.05, 0) is 186 Å². The fourth-order valence-electron chi connectivity index (χ4n) is 9.43. The van der Waals surface area contributed by atoms with Crippen molar-refractivity contribution in [2.24, 2.45) is 9.98 Å². The van der Waals surface area contributed by atoms with E-state index in [1.165, 1.54) is 0 Å². The zero-order valence-corrected chi connectivity index (χ0v) is 54.5. The molecule has 0 saturated heterocycles. The third kappa shape index (κ3) is 17.2. The maximum Gasteiger partial charge on any atom is 0.144 e. The predicted octanol–water partition coefficient (Wildman–Crippen LogP) is 15.1. The Morgan fingerprint density at radius 2 is 0.600 bits per heavy atom. The number of nitrogens with zero attached hydrogens (tertiary/aromatic N) is 2. The number of aliphatic hydroxyl groups excluding tert-OH is 1. The number of aliphatic imine (C=N–C) groups is 2. The first-order valence-corrected chi connectivity index (χ1v) is 27.9. The van der Waals surface area contributed by atoms with E-state index < -0.39 is 23.3 Å². The summed E-state index contributed by atoms with van der Waals surface area (Å²) in [7, 11) is 1.00. The van der Waals surface area contributed by atoms with Crippen LogP contribution in [0.3, 0.4) is 0 Å². The largest absolute Gasteiger partial charge is 0.507 e. The molecule has 5 rings (SSSR count). The number of rotatable bonds is 18. The standard InChI is InChI=1S/C67H94N2O7.CH4O.2Cu/c1-40(2)73-57-28-24-49(62(12,13)14)34-53(57)66(71,54-35-50(63(15,16)17)25-29-58(54)74-41(3)4)45(10)68-38-47-32-44(9)33-48(61(47)70)39-69-46(11)67(72,55-36-51(64(18,19)20)26-30-59(55)75-42(5)6)56-37-52(65(21,22)23)27-31-60(56)76-43(7)8;1-2;;/h24-43,45-46,70-72H,1-23H3;2H,1H3;;/t45-,46-;;;/m0.../s1. The number of aryl methyl sites for hydroxylation is 1. The average molecular weight is 1200 g/mol. The fourth-order valence-corrected chi connectivity index (χ4v) is 9.43. The Balaban J connectivity index is 0.00000540. The number of phenolic OH excluding ortho intramolecular Hbond substituents is 1. The van der Waals surface area contributed by atoms with E-state index in [0.717, 1.165) is 34.9 Å². The van der Waals surface area contributed by atoms with Crippen molar-refractivity contribution >= 4 is 12.4 Å². The van der Waals surface area contributed by atoms with Crippen LogP contribution in [0.25, 0.3) is 0 Å². The van der Waals surface area contributed by atoms with E-state index in [2.05, 4.69) is 107 Å². The number of aliphatic hydroxyl groups is 3. The summed E-state index contributed by atoms with van der Waals surface area (Å²) >= 11 is 0. The molecule has 0 amide bonds. The van der Waals surface area contributed by atoms with Gasteiger partial charge >= 0.3 is 0 Å². The van der Waals surface area contributed by atoms with Crippen molar-refractivity contribution in [3.63, 3.8) is 0 Å². The van der Waals surface area contributed by atoms with Crippen LogP contribution < -0.4 is 18.9 Å². The van der Waals surface area contributed by atoms with Crippen LogP contribution in [-0.4, -0.2) is 76.5 Å². The second-order valence-electron chi connectivity index (χ2n) is 26.2. The summed E-state index contributed by atoms with van der Waals surface area (Å²) < 4.78 is 26.2. The van der Waals surface area contributed by atoms with E-state index in [4.69, 9.17) is 34.0 Å². The van der Waals surface area contributed by atoms with Crippen molar-refractivity contribution in [3.8, 4) is 28.7 Å². The van der Waals surface area contributed by atoms with Crippen LogP contribution in [0.15, 0.2) is 94.9 Å². The summed E-state index contributed by atoms with van der Waals surface area (Å²) in [5.74, 6) is 2.10. The number of benzene rings is 5. The molecule has 0 bridgehead atoms. The SMILES string of the molecule is CO.Cc1cc(C=N[C@@H](C)C(O)(c2cc(C(C)(C)C)ccc2OC(C)C)c2cc(C(C)(C)C)ccc2OC(C)C)c(O)c(C=N[C@@H](C)C(O)(c2cc(C(C)(C)C)ccc2OC(C)C)c2cc(C(C)(C)C)ccc2OC(C)C)c1.[Cu].[Cu]. The van der Waals surface area contributed by atoms with Gasteiger partial charge in [0.05, 0.1) is 36.5 Å². The third-order valence-electron chi connectivity index (χ3n) is 13.9. The zero-order chi connectivity index (χ0) is 59.3. The Bertz CT molecular complexity index is 2540. The molecule has 0 heterocycles. The molecule has 0 fully saturated rings. The summed E-state index contributed by atoms with van der Waals surface area (Å²) in [5, 5.41) is 47.1. The molecule has 0 aliphatic heterocycles. The minimum atomic E-state index is -1.80. The quantitative estimate of drug-likeness (QED) is 0.0502. The van der Waals surface area contributed by atoms with Crippen molar-refractivity contribution in [3.05, 3.63) is 146 Å². The molecule has 10 nitrogen and oxygen atoms in total. The van der Waals surface area contributed by atoms with Gasteiger partial charge in [0, 0.05) is 87.1 Å². The van der Waals surface area contributed by atoms with Crippen LogP contribution in [0.5, 0.6) is 28.7 Å². The molecule has 0 unspecified atom stereocenters. The normalized spacial score (nSPS) is 13.5. The van der Waals surface area contributed by atoms with Gasteiger partial charge < -0.3 is 39.4 Å². The summed E-state index contributed by atoms with van der Waals surface area (Å²) in [6.45, 7) is 47.3. The number of hydrogen-bond acceptors (Lipinski definition) is 10. The van der Waals surface area contributed by atoms with Crippen molar-refractivity contribution in [1.82, 2.24) is 0 Å². The van der Waals surface area contributed by atoms with Crippen LogP contribution in [0.1, 0.15) is 214 Å². The molecule has 450 valence electrons. The number of phenols is 1. The number of aromatic hydroxyl groups is 1. The molecule has 0 aliphatic rings. The van der Waals surface area contributed by atoms with E-state index in [9.17, 15) is 15.3 Å². The van der Waals surface area contributed by atoms with Crippen molar-refractivity contribution in [2.45, 2.75) is 229 Å². The second-order valence-corrected chi connectivity index (χ2v) is 26.2. The van der Waals surface area contributed by atoms with E-state index in [1.807, 2.05) is 137 Å². The molecule has 5 aromatic rings. The molecule has 4 N–H and O–H groups in total. The van der Waals surface area contributed by atoms with Crippen LogP contribution in [0, 0.1) is 6.92 Å². The van der Waals surface area contributed by atoms with Gasteiger partial charge in [-0.3, -0.25) is 9.98 Å². The van der Waals surface area contributed by atoms with Crippen LogP contribution in [0.2, 0.25) is 0 Å². The van der Waals surface area contributed by atoms with Gasteiger partial charge in [0.15, 0.2) is 0 Å². The van der Waals surface area contributed by atoms with E-state index in [-0.39, 0.29) is 86.0 Å². The summed E-state index contributed by atoms with van der Waals surface area (Å²) in [5.41, 5.74) is 3.37. The van der Waals surface area contributed by atoms with E-state index in [0.29, 0.717) is 56.4 Å². The Morgan fingerprint density at radius 3 is 0.787 bits per heavy atom. The molecule has 0 spiro atoms. The molecular weight excluding hydrogens is 1100 g/mol. The van der Waals surface area contributed by atoms with Gasteiger partial charge in [-0.25, -0.2) is 0 Å². The number of ether oxygens (including phenoxy) is 4. The molecule has 0 saturated carbocycles. The molecule has 2 atom stereocenters. The zero-order valence-electron chi connectivity index (χ0n) is 52.6. The van der Waals surface area contributed by atoms with Crippen LogP contribution in [-0.2, 0) is 67.0 Å². The van der Waals surface area contributed by atoms with Crippen molar-refractivity contribution in [2.75, 3.05) is 7.11 Å². The van der Waals surface area contributed by atoms with Gasteiger partial charge in [0.2, 0.25) is 0 Å². The monoisotopic (exact) mass is 1200 g/mol. The molecule has 80 heavy (non-hydrogen) atoms. The third-order valence-corrected chi connectivity index (χ3v) is 13.9. The minimum Gasteiger partial charge on any atom is -0.507 e. The maximum atomic E-state index is 13.9. The Hall–Kier alpha value is -4.64. The Morgan fingerprint density at radius 1 is 0.388 bits per heavy atom. The molecular formula is C68H98Cu2N2O8. The smallest absolute Gasteiger partial charge is 0.144 e. The second kappa shape index (κ2) is 28.1. The Labute approximate surface area is 503 Å². The Kier molecular flexibility index (Phi) is 25.1. The topological polar surface area (TPSA) is 143 Å². The van der Waals surface area contributed by atoms with Crippen LogP contribution >= 0.6 is 0 Å². The molecule has 5 aromatic carbocycles. The number of hydrogen-bond donors (Lipinski definition) is 4. The van der Waals surface area contributed by atoms with Crippen molar-refractivity contribution in [1.29, 1.82) is 0 Å². The first kappa shape index (κ1) is 71.5. The van der Waals surface area contributed by atoms with Gasteiger partial charge in [-0.2, -0.15) is 0 Å². The minimum absolute atomic E-state index is 0. The summed E-state index contributed by atoms with van der Waals surface area (Å²) in [6, 6.07) is 26.2. The summed E-state index contributed by atoms with van der Waals surface area (Å²) in [4.78, 5) is 10.3. The molecule has 0 aromatic heterocycles. The maximum absolute atomic E-state index is 13.9. The average Bonchev–Trinajstić information content (AvgIpc) is 3.31. The fraction of sp³-hybridized carbons (Fsp3) is 0.529. The van der Waals surface area contributed by atoms with Gasteiger partial charge in [-0.1, -0.05) is 107 Å². The predicted molar refractivity (Wildman–Crippen MR) is 325 cm³/mol. The first-order valence-electron chi connectivity index (χ1n) is 27.9. The van der Waals surface area contributed by atoms with Crippen molar-refractivity contribution < 1.29 is 73.5 Å². The first-order chi connectivity index (χ1) is 35.9. The van der Waals surface area contributed by atoms with E-state index in [1.54, 1.807) is 12.4 Å². The van der Waals surface area contributed by atoms with Gasteiger partial charge in [0.25, 0.3) is 0 Å². The van der Waals surface area contributed by atoms with E-state index >= 15 is 0 Å². The molecule has 0 aliphatic carbocycles. The molecule has 2 radical (unpaired) electrons. The summed E-state index contributed by atoms with van der Waals surface area (Å²) in [6.07, 6.45) is 2.50.